The van der Waals surface area contributed by atoms with Gasteiger partial charge in [-0.1, -0.05) is 49.1 Å². The van der Waals surface area contributed by atoms with E-state index in [1.54, 1.807) is 0 Å². The number of hydrogen-bond acceptors (Lipinski definition) is 5. The summed E-state index contributed by atoms with van der Waals surface area (Å²) in [4.78, 5) is 15.8. The van der Waals surface area contributed by atoms with E-state index in [0.29, 0.717) is 16.1 Å². The fourth-order valence-corrected chi connectivity index (χ4v) is 2.78. The second-order valence-electron chi connectivity index (χ2n) is 4.17. The normalized spacial score (nSPS) is 12.2. The lowest BCUT2D eigenvalue weighted by Crippen LogP contribution is -2.14. The maximum atomic E-state index is 11.4. The molecule has 102 valence electrons. The Morgan fingerprint density at radius 1 is 1.56 bits per heavy atom. The third-order valence-electron chi connectivity index (χ3n) is 2.57. The molecule has 0 aromatic carbocycles. The van der Waals surface area contributed by atoms with Crippen molar-refractivity contribution < 1.29 is 9.53 Å². The maximum absolute atomic E-state index is 11.4. The molecule has 0 saturated heterocycles. The number of anilines is 1. The minimum atomic E-state index is -0.441. The Balaban J connectivity index is 2.54. The first-order valence-corrected chi connectivity index (χ1v) is 7.29. The zero-order valence-electron chi connectivity index (χ0n) is 11.0. The number of carbonyl (C=O) groups excluding carboxylic acids is 1. The van der Waals surface area contributed by atoms with Gasteiger partial charge in [-0.2, -0.15) is 0 Å². The highest BCUT2D eigenvalue weighted by molar-refractivity contribution is 7.18. The number of nitrogens with one attached hydrogen (secondary N) is 1. The summed E-state index contributed by atoms with van der Waals surface area (Å²) in [5, 5.41) is 4.13. The summed E-state index contributed by atoms with van der Waals surface area (Å²) in [5.41, 5.74) is 0. The van der Waals surface area contributed by atoms with Gasteiger partial charge in [0.2, 0.25) is 0 Å². The number of thiazole rings is 1. The molecule has 0 radical (unpaired) electrons. The van der Waals surface area contributed by atoms with Gasteiger partial charge in [0.25, 0.3) is 0 Å². The summed E-state index contributed by atoms with van der Waals surface area (Å²) < 4.78 is 4.63. The molecule has 1 rings (SSSR count). The third kappa shape index (κ3) is 4.46. The summed E-state index contributed by atoms with van der Waals surface area (Å²) in [6.07, 6.45) is 4.71. The summed E-state index contributed by atoms with van der Waals surface area (Å²) >= 11 is 7.12. The molecule has 1 N–H and O–H groups in total. The lowest BCUT2D eigenvalue weighted by molar-refractivity contribution is 0.0606. The highest BCUT2D eigenvalue weighted by Crippen LogP contribution is 2.28. The van der Waals surface area contributed by atoms with Crippen molar-refractivity contribution in [3.8, 4) is 0 Å². The number of nitrogens with zero attached hydrogens (tertiary/aromatic N) is 1. The first-order valence-electron chi connectivity index (χ1n) is 6.09. The number of esters is 1. The van der Waals surface area contributed by atoms with E-state index in [1.807, 2.05) is 0 Å². The number of ether oxygens (including phenoxy) is 1. The Morgan fingerprint density at radius 3 is 2.89 bits per heavy atom. The van der Waals surface area contributed by atoms with E-state index in [4.69, 9.17) is 11.6 Å². The van der Waals surface area contributed by atoms with Gasteiger partial charge in [0.1, 0.15) is 0 Å². The lowest BCUT2D eigenvalue weighted by Gasteiger charge is -2.11. The van der Waals surface area contributed by atoms with Gasteiger partial charge in [0, 0.05) is 6.04 Å². The molecule has 1 heterocycles. The second kappa shape index (κ2) is 7.59. The van der Waals surface area contributed by atoms with Crippen molar-refractivity contribution in [2.24, 2.45) is 0 Å². The first-order chi connectivity index (χ1) is 8.58. The predicted octanol–water partition coefficient (Wildman–Crippen LogP) is 3.96. The summed E-state index contributed by atoms with van der Waals surface area (Å²) in [6, 6.07) is 0.323. The number of methoxy groups -OCH3 is 1. The number of aromatic nitrogens is 1. The van der Waals surface area contributed by atoms with Crippen molar-refractivity contribution in [2.75, 3.05) is 12.4 Å². The van der Waals surface area contributed by atoms with Crippen LogP contribution in [-0.4, -0.2) is 24.1 Å². The molecular weight excluding hydrogens is 272 g/mol. The van der Waals surface area contributed by atoms with Gasteiger partial charge >= 0.3 is 5.97 Å². The highest BCUT2D eigenvalue weighted by Gasteiger charge is 2.17. The van der Waals surface area contributed by atoms with E-state index in [2.05, 4.69) is 28.9 Å². The largest absolute Gasteiger partial charge is 0.465 e. The molecule has 18 heavy (non-hydrogen) atoms. The smallest absolute Gasteiger partial charge is 0.351 e. The van der Waals surface area contributed by atoms with Crippen LogP contribution in [0, 0.1) is 0 Å². The fraction of sp³-hybridized carbons (Fsp3) is 0.667. The molecule has 1 aromatic rings. The van der Waals surface area contributed by atoms with Crippen molar-refractivity contribution in [2.45, 2.75) is 45.6 Å². The number of halogens is 1. The van der Waals surface area contributed by atoms with Crippen molar-refractivity contribution >= 4 is 34.0 Å². The number of carbonyl (C=O) groups is 1. The molecule has 6 heteroatoms. The van der Waals surface area contributed by atoms with Crippen LogP contribution in [0.5, 0.6) is 0 Å². The summed E-state index contributed by atoms with van der Waals surface area (Å²) in [5.74, 6) is -0.441. The Hall–Kier alpha value is -0.810. The molecule has 0 fully saturated rings. The van der Waals surface area contributed by atoms with Gasteiger partial charge in [-0.15, -0.1) is 0 Å². The van der Waals surface area contributed by atoms with Crippen LogP contribution in [0.4, 0.5) is 5.13 Å². The molecular formula is C12H19ClN2O2S. The maximum Gasteiger partial charge on any atom is 0.351 e. The van der Waals surface area contributed by atoms with Gasteiger partial charge < -0.3 is 10.1 Å². The Kier molecular flexibility index (Phi) is 6.43. The van der Waals surface area contributed by atoms with Crippen LogP contribution in [0.1, 0.15) is 49.2 Å². The SMILES string of the molecule is CCCCCC(C)Nc1nc(Cl)c(C(=O)OC)s1. The Bertz CT molecular complexity index is 395. The molecule has 1 aromatic heterocycles. The van der Waals surface area contributed by atoms with Crippen LogP contribution in [0.15, 0.2) is 0 Å². The molecule has 0 amide bonds. The van der Waals surface area contributed by atoms with Crippen LogP contribution in [0.25, 0.3) is 0 Å². The van der Waals surface area contributed by atoms with Crippen molar-refractivity contribution in [3.63, 3.8) is 0 Å². The molecule has 0 aliphatic heterocycles. The molecule has 0 aliphatic rings. The van der Waals surface area contributed by atoms with E-state index in [-0.39, 0.29) is 5.15 Å². The van der Waals surface area contributed by atoms with Crippen LogP contribution in [0.2, 0.25) is 5.15 Å². The Labute approximate surface area is 117 Å². The first kappa shape index (κ1) is 15.2. The van der Waals surface area contributed by atoms with Crippen LogP contribution >= 0.6 is 22.9 Å². The van der Waals surface area contributed by atoms with Crippen LogP contribution in [-0.2, 0) is 4.74 Å². The molecule has 0 spiro atoms. The molecule has 0 saturated carbocycles. The van der Waals surface area contributed by atoms with Crippen molar-refractivity contribution in [1.82, 2.24) is 4.98 Å². The van der Waals surface area contributed by atoms with Crippen molar-refractivity contribution in [1.29, 1.82) is 0 Å². The third-order valence-corrected chi connectivity index (χ3v) is 3.92. The monoisotopic (exact) mass is 290 g/mol. The topological polar surface area (TPSA) is 51.2 Å². The average Bonchev–Trinajstić information content (AvgIpc) is 2.69. The van der Waals surface area contributed by atoms with Crippen LogP contribution < -0.4 is 5.32 Å². The minimum Gasteiger partial charge on any atom is -0.465 e. The molecule has 1 unspecified atom stereocenters. The standard InChI is InChI=1S/C12H19ClN2O2S/c1-4-5-6-7-8(2)14-12-15-10(13)9(18-12)11(16)17-3/h8H,4-7H2,1-3H3,(H,14,15). The zero-order chi connectivity index (χ0) is 13.5. The van der Waals surface area contributed by atoms with Gasteiger partial charge in [0.05, 0.1) is 7.11 Å². The predicted molar refractivity (Wildman–Crippen MR) is 75.7 cm³/mol. The summed E-state index contributed by atoms with van der Waals surface area (Å²) in [7, 11) is 1.33. The second-order valence-corrected chi connectivity index (χ2v) is 5.53. The summed E-state index contributed by atoms with van der Waals surface area (Å²) in [6.45, 7) is 4.28. The number of hydrogen-bond donors (Lipinski definition) is 1. The highest BCUT2D eigenvalue weighted by atomic mass is 35.5. The van der Waals surface area contributed by atoms with Crippen molar-refractivity contribution in [3.05, 3.63) is 10.0 Å². The van der Waals surface area contributed by atoms with Gasteiger partial charge in [0.15, 0.2) is 15.2 Å². The molecule has 1 atom stereocenters. The minimum absolute atomic E-state index is 0.204. The van der Waals surface area contributed by atoms with E-state index in [0.717, 1.165) is 6.42 Å². The number of rotatable bonds is 7. The van der Waals surface area contributed by atoms with E-state index in [9.17, 15) is 4.79 Å². The molecule has 4 nitrogen and oxygen atoms in total. The van der Waals surface area contributed by atoms with E-state index < -0.39 is 5.97 Å². The van der Waals surface area contributed by atoms with Gasteiger partial charge in [-0.3, -0.25) is 0 Å². The molecule has 0 aliphatic carbocycles. The molecule has 0 bridgehead atoms. The van der Waals surface area contributed by atoms with Gasteiger partial charge in [-0.05, 0) is 13.3 Å². The van der Waals surface area contributed by atoms with Crippen LogP contribution in [0.3, 0.4) is 0 Å². The average molecular weight is 291 g/mol. The zero-order valence-corrected chi connectivity index (χ0v) is 12.5. The quantitative estimate of drug-likeness (QED) is 0.610. The van der Waals surface area contributed by atoms with E-state index >= 15 is 0 Å². The number of unbranched alkanes of at least 4 members (excludes halogenated alkanes) is 2. The fourth-order valence-electron chi connectivity index (χ4n) is 1.57. The Morgan fingerprint density at radius 2 is 2.28 bits per heavy atom. The van der Waals surface area contributed by atoms with E-state index in [1.165, 1.54) is 37.7 Å². The lowest BCUT2D eigenvalue weighted by atomic mass is 10.1. The van der Waals surface area contributed by atoms with Gasteiger partial charge in [-0.25, -0.2) is 9.78 Å².